The van der Waals surface area contributed by atoms with E-state index in [1.807, 2.05) is 24.3 Å². The maximum atomic E-state index is 9.25. The van der Waals surface area contributed by atoms with Crippen LogP contribution in [-0.2, 0) is 15.7 Å². The van der Waals surface area contributed by atoms with E-state index < -0.39 is 0 Å². The molecular formula is C19H25BN2O2. The number of nitrogens with two attached hydrogens (primary N) is 1. The van der Waals surface area contributed by atoms with Gasteiger partial charge in [0.05, 0.1) is 23.3 Å². The van der Waals surface area contributed by atoms with Crippen LogP contribution in [-0.4, -0.2) is 24.8 Å². The molecule has 0 aromatic heterocycles. The van der Waals surface area contributed by atoms with Crippen molar-refractivity contribution in [3.8, 4) is 6.07 Å². The van der Waals surface area contributed by atoms with Gasteiger partial charge >= 0.3 is 7.12 Å². The molecule has 126 valence electrons. The van der Waals surface area contributed by atoms with Gasteiger partial charge in [0.2, 0.25) is 0 Å². The van der Waals surface area contributed by atoms with Crippen molar-refractivity contribution in [2.75, 3.05) is 0 Å². The van der Waals surface area contributed by atoms with Gasteiger partial charge in [0.1, 0.15) is 0 Å². The highest BCUT2D eigenvalue weighted by Gasteiger charge is 2.68. The summed E-state index contributed by atoms with van der Waals surface area (Å²) in [4.78, 5) is 0. The molecule has 4 nitrogen and oxygen atoms in total. The molecule has 0 radical (unpaired) electrons. The Bertz CT molecular complexity index is 701. The van der Waals surface area contributed by atoms with E-state index in [1.54, 1.807) is 0 Å². The molecule has 4 fully saturated rings. The maximum absolute atomic E-state index is 9.25. The van der Waals surface area contributed by atoms with Gasteiger partial charge in [-0.3, -0.25) is 0 Å². The number of hydrogen-bond acceptors (Lipinski definition) is 4. The van der Waals surface area contributed by atoms with E-state index in [9.17, 15) is 5.26 Å². The Labute approximate surface area is 144 Å². The lowest BCUT2D eigenvalue weighted by molar-refractivity contribution is -0.199. The summed E-state index contributed by atoms with van der Waals surface area (Å²) in [6.07, 6.45) is 3.05. The Balaban J connectivity index is 1.50. The highest BCUT2D eigenvalue weighted by Crippen LogP contribution is 2.65. The lowest BCUT2D eigenvalue weighted by atomic mass is 9.43. The van der Waals surface area contributed by atoms with Crippen molar-refractivity contribution in [1.29, 1.82) is 5.26 Å². The molecule has 0 amide bonds. The predicted octanol–water partition coefficient (Wildman–Crippen LogP) is 2.70. The number of nitrogens with zero attached hydrogens (tertiary/aromatic N) is 1. The molecule has 4 aliphatic rings. The van der Waals surface area contributed by atoms with Crippen molar-refractivity contribution < 1.29 is 9.31 Å². The molecule has 5 atom stereocenters. The van der Waals surface area contributed by atoms with Gasteiger partial charge in [-0.2, -0.15) is 5.26 Å². The summed E-state index contributed by atoms with van der Waals surface area (Å²) in [6, 6.07) is 9.85. The predicted molar refractivity (Wildman–Crippen MR) is 92.9 cm³/mol. The van der Waals surface area contributed by atoms with Gasteiger partial charge in [-0.15, -0.1) is 0 Å². The first-order chi connectivity index (χ1) is 11.4. The Kier molecular flexibility index (Phi) is 3.58. The van der Waals surface area contributed by atoms with Crippen molar-refractivity contribution >= 4 is 7.12 Å². The van der Waals surface area contributed by atoms with Gasteiger partial charge in [-0.25, -0.2) is 0 Å². The van der Waals surface area contributed by atoms with E-state index in [2.05, 4.69) is 26.8 Å². The van der Waals surface area contributed by atoms with Crippen molar-refractivity contribution in [2.24, 2.45) is 23.0 Å². The lowest BCUT2D eigenvalue weighted by Gasteiger charge is -2.64. The second-order valence-electron chi connectivity index (χ2n) is 8.47. The largest absolute Gasteiger partial charge is 0.475 e. The van der Waals surface area contributed by atoms with Crippen LogP contribution in [0.2, 0.25) is 0 Å². The van der Waals surface area contributed by atoms with Crippen LogP contribution in [0, 0.1) is 28.6 Å². The molecule has 2 N–H and O–H groups in total. The van der Waals surface area contributed by atoms with Crippen LogP contribution in [0.5, 0.6) is 0 Å². The Morgan fingerprint density at radius 2 is 2.08 bits per heavy atom. The third kappa shape index (κ3) is 2.17. The second kappa shape index (κ2) is 5.32. The Morgan fingerprint density at radius 3 is 2.79 bits per heavy atom. The average molecular weight is 324 g/mol. The topological polar surface area (TPSA) is 68.3 Å². The molecule has 1 saturated heterocycles. The molecule has 2 bridgehead atoms. The minimum Gasteiger partial charge on any atom is -0.404 e. The van der Waals surface area contributed by atoms with Crippen LogP contribution in [0.4, 0.5) is 0 Å². The van der Waals surface area contributed by atoms with Gasteiger partial charge in [0.15, 0.2) is 0 Å². The zero-order valence-corrected chi connectivity index (χ0v) is 14.7. The van der Waals surface area contributed by atoms with Crippen molar-refractivity contribution in [1.82, 2.24) is 0 Å². The third-order valence-electron chi connectivity index (χ3n) is 6.91. The summed E-state index contributed by atoms with van der Waals surface area (Å²) >= 11 is 0. The maximum Gasteiger partial charge on any atom is 0.475 e. The van der Waals surface area contributed by atoms with Gasteiger partial charge in [0, 0.05) is 5.94 Å². The quantitative estimate of drug-likeness (QED) is 0.868. The molecule has 3 saturated carbocycles. The molecule has 1 aromatic carbocycles. The van der Waals surface area contributed by atoms with Crippen molar-refractivity contribution in [2.45, 2.75) is 57.7 Å². The standard InChI is InChI=1S/C19H25BN2O2/c1-18(2)14-9-15(18)19(3)16(10-14)23-20(24-19)17(22)8-12-6-4-5-7-13(12)11-21/h4-7,14-17H,8-10,22H2,1-3H3/t14-,15-,16+,17-,19-/m0/s1. The van der Waals surface area contributed by atoms with Crippen LogP contribution in [0.3, 0.4) is 0 Å². The number of hydrogen-bond donors (Lipinski definition) is 1. The first-order valence-corrected chi connectivity index (χ1v) is 8.93. The van der Waals surface area contributed by atoms with Gasteiger partial charge in [-0.05, 0) is 55.1 Å². The summed E-state index contributed by atoms with van der Waals surface area (Å²) in [5.41, 5.74) is 8.16. The van der Waals surface area contributed by atoms with E-state index in [0.29, 0.717) is 23.3 Å². The van der Waals surface area contributed by atoms with E-state index >= 15 is 0 Å². The zero-order chi connectivity index (χ0) is 17.1. The number of benzene rings is 1. The van der Waals surface area contributed by atoms with Crippen molar-refractivity contribution in [3.63, 3.8) is 0 Å². The summed E-state index contributed by atoms with van der Waals surface area (Å²) in [5.74, 6) is 1.01. The van der Waals surface area contributed by atoms with Gasteiger partial charge < -0.3 is 15.0 Å². The highest BCUT2D eigenvalue weighted by atomic mass is 16.7. The third-order valence-corrected chi connectivity index (χ3v) is 6.91. The molecule has 0 unspecified atom stereocenters. The first-order valence-electron chi connectivity index (χ1n) is 8.93. The van der Waals surface area contributed by atoms with E-state index in [4.69, 9.17) is 15.0 Å². The van der Waals surface area contributed by atoms with Crippen LogP contribution >= 0.6 is 0 Å². The minimum atomic E-state index is -0.387. The van der Waals surface area contributed by atoms with E-state index in [-0.39, 0.29) is 24.8 Å². The van der Waals surface area contributed by atoms with Crippen LogP contribution in [0.15, 0.2) is 24.3 Å². The monoisotopic (exact) mass is 324 g/mol. The smallest absolute Gasteiger partial charge is 0.404 e. The fourth-order valence-electron chi connectivity index (χ4n) is 5.24. The van der Waals surface area contributed by atoms with Crippen molar-refractivity contribution in [3.05, 3.63) is 35.4 Å². The van der Waals surface area contributed by atoms with Crippen LogP contribution in [0.25, 0.3) is 0 Å². The Morgan fingerprint density at radius 1 is 1.33 bits per heavy atom. The number of rotatable bonds is 3. The second-order valence-corrected chi connectivity index (χ2v) is 8.47. The first kappa shape index (κ1) is 16.1. The molecule has 1 aromatic rings. The van der Waals surface area contributed by atoms with Crippen LogP contribution < -0.4 is 5.73 Å². The highest BCUT2D eigenvalue weighted by molar-refractivity contribution is 6.47. The summed E-state index contributed by atoms with van der Waals surface area (Å²) in [6.45, 7) is 6.91. The fraction of sp³-hybridized carbons (Fsp3) is 0.632. The van der Waals surface area contributed by atoms with E-state index in [1.165, 1.54) is 6.42 Å². The molecule has 1 heterocycles. The summed E-state index contributed by atoms with van der Waals surface area (Å²) in [7, 11) is -0.387. The lowest BCUT2D eigenvalue weighted by Crippen LogP contribution is -2.65. The minimum absolute atomic E-state index is 0.150. The average Bonchev–Trinajstić information content (AvgIpc) is 2.92. The fourth-order valence-corrected chi connectivity index (χ4v) is 5.24. The molecule has 24 heavy (non-hydrogen) atoms. The van der Waals surface area contributed by atoms with Gasteiger partial charge in [0.25, 0.3) is 0 Å². The number of nitriles is 1. The Hall–Kier alpha value is -1.35. The summed E-state index contributed by atoms with van der Waals surface area (Å²) in [5, 5.41) is 9.25. The normalized spacial score (nSPS) is 37.3. The van der Waals surface area contributed by atoms with Gasteiger partial charge in [-0.1, -0.05) is 32.0 Å². The molecule has 0 spiro atoms. The zero-order valence-electron chi connectivity index (χ0n) is 14.7. The molecule has 3 aliphatic carbocycles. The summed E-state index contributed by atoms with van der Waals surface area (Å²) < 4.78 is 12.7. The molecule has 5 heteroatoms. The molecule has 1 aliphatic heterocycles. The van der Waals surface area contributed by atoms with E-state index in [0.717, 1.165) is 17.9 Å². The van der Waals surface area contributed by atoms with Crippen LogP contribution in [0.1, 0.15) is 44.7 Å². The molecular weight excluding hydrogens is 299 g/mol. The molecule has 5 rings (SSSR count). The SMILES string of the molecule is CC1(C)[C@@H]2C[C@H]3OB([C@@H](N)Cc4ccccc4C#N)O[C@@]3(C)[C@H]1C2.